The van der Waals surface area contributed by atoms with Gasteiger partial charge in [-0.05, 0) is 36.2 Å². The van der Waals surface area contributed by atoms with E-state index in [-0.39, 0.29) is 17.9 Å². The number of nitrogens with zero attached hydrogens (tertiary/aromatic N) is 2. The second-order valence-electron chi connectivity index (χ2n) is 7.57. The minimum atomic E-state index is -0.208. The second kappa shape index (κ2) is 8.09. The highest BCUT2D eigenvalue weighted by Gasteiger charge is 2.23. The number of benzene rings is 2. The summed E-state index contributed by atoms with van der Waals surface area (Å²) in [4.78, 5) is 21.2. The normalized spacial score (nSPS) is 12.7. The first-order chi connectivity index (χ1) is 14.1. The molecule has 6 nitrogen and oxygen atoms in total. The first kappa shape index (κ1) is 19.2. The number of nitrogens with one attached hydrogen (secondary N) is 2. The lowest BCUT2D eigenvalue weighted by atomic mass is 10.0. The molecule has 2 N–H and O–H groups in total. The van der Waals surface area contributed by atoms with Crippen molar-refractivity contribution in [3.63, 3.8) is 0 Å². The molecule has 150 valence electrons. The maximum Gasteiger partial charge on any atom is 0.252 e. The Labute approximate surface area is 169 Å². The van der Waals surface area contributed by atoms with E-state index in [4.69, 9.17) is 9.72 Å². The van der Waals surface area contributed by atoms with Crippen LogP contribution in [0.15, 0.2) is 54.7 Å². The summed E-state index contributed by atoms with van der Waals surface area (Å²) in [6, 6.07) is 15.5. The van der Waals surface area contributed by atoms with Gasteiger partial charge in [0.15, 0.2) is 0 Å². The molecule has 0 spiro atoms. The molecule has 6 heteroatoms. The molecule has 0 saturated carbocycles. The van der Waals surface area contributed by atoms with Gasteiger partial charge in [0.1, 0.15) is 5.82 Å². The van der Waals surface area contributed by atoms with E-state index in [0.29, 0.717) is 12.2 Å². The van der Waals surface area contributed by atoms with Crippen molar-refractivity contribution in [1.29, 1.82) is 0 Å². The molecule has 0 aliphatic carbocycles. The molecule has 29 heavy (non-hydrogen) atoms. The van der Waals surface area contributed by atoms with Crippen molar-refractivity contribution < 1.29 is 9.53 Å². The number of carbonyl (C=O) groups excluding carboxylic acids is 1. The SMILES string of the molecule is COCCn1ccc2c(C(=O)NC(c3nc4ccccc4[nH]3)C(C)C)cccc21. The molecule has 4 rings (SSSR count). The molecule has 1 unspecified atom stereocenters. The summed E-state index contributed by atoms with van der Waals surface area (Å²) >= 11 is 0. The molecule has 0 saturated heterocycles. The fourth-order valence-electron chi connectivity index (χ4n) is 3.70. The number of fused-ring (bicyclic) bond motifs is 2. The lowest BCUT2D eigenvalue weighted by Crippen LogP contribution is -2.32. The van der Waals surface area contributed by atoms with Crippen LogP contribution in [0, 0.1) is 5.92 Å². The van der Waals surface area contributed by atoms with Gasteiger partial charge in [-0.2, -0.15) is 0 Å². The highest BCUT2D eigenvalue weighted by atomic mass is 16.5. The fraction of sp³-hybridized carbons (Fsp3) is 0.304. The van der Waals surface area contributed by atoms with Crippen molar-refractivity contribution in [2.24, 2.45) is 5.92 Å². The summed E-state index contributed by atoms with van der Waals surface area (Å²) in [6.45, 7) is 5.54. The number of aromatic nitrogens is 3. The van der Waals surface area contributed by atoms with Crippen LogP contribution in [0.5, 0.6) is 0 Å². The van der Waals surface area contributed by atoms with Gasteiger partial charge in [-0.25, -0.2) is 4.98 Å². The van der Waals surface area contributed by atoms with Crippen molar-refractivity contribution in [3.8, 4) is 0 Å². The number of ether oxygens (including phenoxy) is 1. The molecule has 2 heterocycles. The first-order valence-corrected chi connectivity index (χ1v) is 9.91. The van der Waals surface area contributed by atoms with E-state index in [1.807, 2.05) is 54.7 Å². The van der Waals surface area contributed by atoms with Gasteiger partial charge in [-0.3, -0.25) is 4.79 Å². The third-order valence-electron chi connectivity index (χ3n) is 5.25. The second-order valence-corrected chi connectivity index (χ2v) is 7.57. The van der Waals surface area contributed by atoms with E-state index in [1.54, 1.807) is 7.11 Å². The molecule has 0 fully saturated rings. The number of H-pyrrole nitrogens is 1. The number of hydrogen-bond acceptors (Lipinski definition) is 3. The molecule has 0 aliphatic heterocycles. The van der Waals surface area contributed by atoms with Crippen LogP contribution in [0.4, 0.5) is 0 Å². The predicted octanol–water partition coefficient (Wildman–Crippen LogP) is 4.29. The number of para-hydroxylation sites is 2. The van der Waals surface area contributed by atoms with Crippen LogP contribution in [-0.4, -0.2) is 34.2 Å². The Morgan fingerprint density at radius 3 is 2.76 bits per heavy atom. The maximum atomic E-state index is 13.2. The number of aromatic amines is 1. The van der Waals surface area contributed by atoms with Crippen molar-refractivity contribution in [2.45, 2.75) is 26.4 Å². The molecule has 1 atom stereocenters. The van der Waals surface area contributed by atoms with Crippen molar-refractivity contribution in [1.82, 2.24) is 19.9 Å². The van der Waals surface area contributed by atoms with Crippen LogP contribution >= 0.6 is 0 Å². The molecule has 0 radical (unpaired) electrons. The summed E-state index contributed by atoms with van der Waals surface area (Å²) in [5.41, 5.74) is 3.57. The average molecular weight is 390 g/mol. The van der Waals surface area contributed by atoms with Crippen molar-refractivity contribution in [3.05, 3.63) is 66.1 Å². The number of rotatable bonds is 7. The number of imidazole rings is 1. The third kappa shape index (κ3) is 3.76. The Hall–Kier alpha value is -3.12. The average Bonchev–Trinajstić information content (AvgIpc) is 3.33. The zero-order valence-corrected chi connectivity index (χ0v) is 17.0. The molecule has 0 aliphatic rings. The van der Waals surface area contributed by atoms with Gasteiger partial charge in [0.25, 0.3) is 5.91 Å². The maximum absolute atomic E-state index is 13.2. The highest BCUT2D eigenvalue weighted by molar-refractivity contribution is 6.06. The van der Waals surface area contributed by atoms with E-state index >= 15 is 0 Å². The Morgan fingerprint density at radius 1 is 1.17 bits per heavy atom. The van der Waals surface area contributed by atoms with E-state index in [1.165, 1.54) is 0 Å². The molecular weight excluding hydrogens is 364 g/mol. The molecule has 4 aromatic rings. The quantitative estimate of drug-likeness (QED) is 0.494. The molecule has 1 amide bonds. The summed E-state index contributed by atoms with van der Waals surface area (Å²) < 4.78 is 7.29. The van der Waals surface area contributed by atoms with Gasteiger partial charge < -0.3 is 19.6 Å². The summed E-state index contributed by atoms with van der Waals surface area (Å²) in [5, 5.41) is 4.13. The predicted molar refractivity (Wildman–Crippen MR) is 115 cm³/mol. The zero-order chi connectivity index (χ0) is 20.4. The smallest absolute Gasteiger partial charge is 0.252 e. The van der Waals surface area contributed by atoms with E-state index < -0.39 is 0 Å². The van der Waals surface area contributed by atoms with Gasteiger partial charge in [-0.15, -0.1) is 0 Å². The number of hydrogen-bond donors (Lipinski definition) is 2. The Kier molecular flexibility index (Phi) is 5.36. The molecular formula is C23H26N4O2. The third-order valence-corrected chi connectivity index (χ3v) is 5.25. The van der Waals surface area contributed by atoms with Crippen molar-refractivity contribution >= 4 is 27.8 Å². The fourth-order valence-corrected chi connectivity index (χ4v) is 3.70. The molecule has 2 aromatic heterocycles. The van der Waals surface area contributed by atoms with Crippen LogP contribution in [0.25, 0.3) is 21.9 Å². The Morgan fingerprint density at radius 2 is 2.00 bits per heavy atom. The highest BCUT2D eigenvalue weighted by Crippen LogP contribution is 2.25. The summed E-state index contributed by atoms with van der Waals surface area (Å²) in [7, 11) is 1.69. The number of amides is 1. The van der Waals surface area contributed by atoms with E-state index in [0.717, 1.165) is 34.3 Å². The van der Waals surface area contributed by atoms with Crippen LogP contribution < -0.4 is 5.32 Å². The van der Waals surface area contributed by atoms with Crippen LogP contribution in [0.3, 0.4) is 0 Å². The van der Waals surface area contributed by atoms with Crippen LogP contribution in [-0.2, 0) is 11.3 Å². The zero-order valence-electron chi connectivity index (χ0n) is 17.0. The molecule has 0 bridgehead atoms. The Balaban J connectivity index is 1.64. The minimum absolute atomic E-state index is 0.0979. The van der Waals surface area contributed by atoms with Gasteiger partial charge in [-0.1, -0.05) is 32.0 Å². The van der Waals surface area contributed by atoms with E-state index in [9.17, 15) is 4.79 Å². The topological polar surface area (TPSA) is 71.9 Å². The number of methoxy groups -OCH3 is 1. The largest absolute Gasteiger partial charge is 0.383 e. The van der Waals surface area contributed by atoms with Gasteiger partial charge in [0.05, 0.1) is 23.7 Å². The lowest BCUT2D eigenvalue weighted by Gasteiger charge is -2.20. The minimum Gasteiger partial charge on any atom is -0.383 e. The van der Waals surface area contributed by atoms with E-state index in [2.05, 4.69) is 28.7 Å². The number of carbonyl (C=O) groups is 1. The lowest BCUT2D eigenvalue weighted by molar-refractivity contribution is 0.0925. The van der Waals surface area contributed by atoms with Gasteiger partial charge in [0.2, 0.25) is 0 Å². The summed E-state index contributed by atoms with van der Waals surface area (Å²) in [6.07, 6.45) is 2.00. The standard InChI is InChI=1S/C23H26N4O2/c1-15(2)21(22-24-18-8-4-5-9-19(18)25-22)26-23(28)17-7-6-10-20-16(17)11-12-27(20)13-14-29-3/h4-12,15,21H,13-14H2,1-3H3,(H,24,25)(H,26,28). The van der Waals surface area contributed by atoms with Crippen molar-refractivity contribution in [2.75, 3.05) is 13.7 Å². The van der Waals surface area contributed by atoms with Gasteiger partial charge in [0, 0.05) is 36.3 Å². The van der Waals surface area contributed by atoms with Gasteiger partial charge >= 0.3 is 0 Å². The Bertz CT molecular complexity index is 1110. The molecule has 2 aromatic carbocycles. The van der Waals surface area contributed by atoms with Crippen LogP contribution in [0.2, 0.25) is 0 Å². The van der Waals surface area contributed by atoms with Crippen LogP contribution in [0.1, 0.15) is 36.1 Å². The monoisotopic (exact) mass is 390 g/mol. The summed E-state index contributed by atoms with van der Waals surface area (Å²) in [5.74, 6) is 0.864. The first-order valence-electron chi connectivity index (χ1n) is 9.91.